The lowest BCUT2D eigenvalue weighted by molar-refractivity contribution is -0.129. The number of hydrazine groups is 1. The van der Waals surface area contributed by atoms with Gasteiger partial charge in [-0.05, 0) is 25.8 Å². The third-order valence-corrected chi connectivity index (χ3v) is 3.29. The number of carbonyl (C=O) groups is 2. The van der Waals surface area contributed by atoms with Gasteiger partial charge >= 0.3 is 0 Å². The van der Waals surface area contributed by atoms with Crippen molar-refractivity contribution in [1.82, 2.24) is 15.2 Å². The Morgan fingerprint density at radius 3 is 2.83 bits per heavy atom. The van der Waals surface area contributed by atoms with Gasteiger partial charge in [0.1, 0.15) is 0 Å². The van der Waals surface area contributed by atoms with Gasteiger partial charge < -0.3 is 4.90 Å². The quantitative estimate of drug-likeness (QED) is 0.296. The summed E-state index contributed by atoms with van der Waals surface area (Å²) in [6, 6.07) is 0. The van der Waals surface area contributed by atoms with Crippen LogP contribution in [0.5, 0.6) is 0 Å². The molecule has 0 aromatic rings. The monoisotopic (exact) mass is 256 g/mol. The molecule has 104 valence electrons. The molecule has 0 unspecified atom stereocenters. The van der Waals surface area contributed by atoms with Crippen molar-refractivity contribution in [3.63, 3.8) is 0 Å². The van der Waals surface area contributed by atoms with Gasteiger partial charge in [-0.2, -0.15) is 0 Å². The van der Waals surface area contributed by atoms with Crippen LogP contribution in [0.1, 0.15) is 32.1 Å². The van der Waals surface area contributed by atoms with Gasteiger partial charge in [0.2, 0.25) is 11.8 Å². The molecule has 1 rings (SSSR count). The first-order valence-electron chi connectivity index (χ1n) is 6.59. The van der Waals surface area contributed by atoms with Crippen molar-refractivity contribution >= 4 is 11.8 Å². The first-order valence-corrected chi connectivity index (χ1v) is 6.59. The zero-order valence-corrected chi connectivity index (χ0v) is 11.2. The number of rotatable bonds is 6. The number of unbranched alkanes of at least 4 members (excludes halogenated alkanes) is 2. The lowest BCUT2D eigenvalue weighted by Gasteiger charge is -2.18. The molecule has 0 aromatic carbocycles. The highest BCUT2D eigenvalue weighted by Gasteiger charge is 2.17. The van der Waals surface area contributed by atoms with E-state index in [0.717, 1.165) is 45.3 Å². The molecule has 3 N–H and O–H groups in total. The number of likely N-dealkylation sites (N-methyl/N-ethyl adjacent to an activating group) is 1. The summed E-state index contributed by atoms with van der Waals surface area (Å²) >= 11 is 0. The van der Waals surface area contributed by atoms with Crippen molar-refractivity contribution in [2.45, 2.75) is 32.1 Å². The van der Waals surface area contributed by atoms with E-state index >= 15 is 0 Å². The molecule has 0 aromatic heterocycles. The first-order chi connectivity index (χ1) is 8.63. The minimum Gasteiger partial charge on any atom is -0.345 e. The highest BCUT2D eigenvalue weighted by molar-refractivity contribution is 5.78. The van der Waals surface area contributed by atoms with E-state index in [1.54, 1.807) is 4.90 Å². The molecule has 1 aliphatic heterocycles. The summed E-state index contributed by atoms with van der Waals surface area (Å²) in [5, 5.41) is 0. The van der Waals surface area contributed by atoms with Crippen molar-refractivity contribution in [2.24, 2.45) is 5.84 Å². The molecule has 0 saturated carbocycles. The van der Waals surface area contributed by atoms with E-state index in [9.17, 15) is 9.59 Å². The fourth-order valence-corrected chi connectivity index (χ4v) is 2.11. The predicted octanol–water partition coefficient (Wildman–Crippen LogP) is -0.299. The van der Waals surface area contributed by atoms with Crippen LogP contribution >= 0.6 is 0 Å². The van der Waals surface area contributed by atoms with Crippen LogP contribution in [-0.4, -0.2) is 54.8 Å². The average molecular weight is 256 g/mol. The Bertz CT molecular complexity index is 283. The Kier molecular flexibility index (Phi) is 6.67. The summed E-state index contributed by atoms with van der Waals surface area (Å²) in [7, 11) is 1.86. The summed E-state index contributed by atoms with van der Waals surface area (Å²) in [5.74, 6) is 5.09. The molecule has 2 amide bonds. The molecule has 0 aliphatic carbocycles. The minimum absolute atomic E-state index is 0.110. The van der Waals surface area contributed by atoms with Gasteiger partial charge in [-0.15, -0.1) is 0 Å². The highest BCUT2D eigenvalue weighted by Crippen LogP contribution is 2.06. The summed E-state index contributed by atoms with van der Waals surface area (Å²) in [5.41, 5.74) is 2.12. The van der Waals surface area contributed by atoms with Crippen LogP contribution in [-0.2, 0) is 9.59 Å². The van der Waals surface area contributed by atoms with E-state index in [2.05, 4.69) is 10.3 Å². The fourth-order valence-electron chi connectivity index (χ4n) is 2.11. The van der Waals surface area contributed by atoms with Crippen LogP contribution in [0.15, 0.2) is 0 Å². The summed E-state index contributed by atoms with van der Waals surface area (Å²) in [6.45, 7) is 3.30. The Morgan fingerprint density at radius 1 is 1.33 bits per heavy atom. The van der Waals surface area contributed by atoms with Gasteiger partial charge in [-0.3, -0.25) is 19.9 Å². The van der Waals surface area contributed by atoms with Crippen molar-refractivity contribution in [1.29, 1.82) is 0 Å². The SMILES string of the molecule is CN1CCCN(CCCCCC(=O)NN)CC1=O. The average Bonchev–Trinajstić information content (AvgIpc) is 2.51. The van der Waals surface area contributed by atoms with Crippen LogP contribution in [0.2, 0.25) is 0 Å². The van der Waals surface area contributed by atoms with Crippen LogP contribution in [0.4, 0.5) is 0 Å². The maximum Gasteiger partial charge on any atom is 0.236 e. The number of hydrogen-bond acceptors (Lipinski definition) is 4. The lowest BCUT2D eigenvalue weighted by Crippen LogP contribution is -2.34. The van der Waals surface area contributed by atoms with Gasteiger partial charge in [0.25, 0.3) is 0 Å². The molecule has 1 fully saturated rings. The maximum absolute atomic E-state index is 11.7. The Morgan fingerprint density at radius 2 is 2.11 bits per heavy atom. The molecular formula is C12H24N4O2. The minimum atomic E-state index is -0.110. The van der Waals surface area contributed by atoms with E-state index in [4.69, 9.17) is 5.84 Å². The number of nitrogens with one attached hydrogen (secondary N) is 1. The molecule has 0 radical (unpaired) electrons. The van der Waals surface area contributed by atoms with Gasteiger partial charge in [-0.25, -0.2) is 5.84 Å². The third-order valence-electron chi connectivity index (χ3n) is 3.29. The van der Waals surface area contributed by atoms with E-state index in [1.165, 1.54) is 0 Å². The van der Waals surface area contributed by atoms with Gasteiger partial charge in [0.15, 0.2) is 0 Å². The van der Waals surface area contributed by atoms with E-state index in [-0.39, 0.29) is 11.8 Å². The van der Waals surface area contributed by atoms with Gasteiger partial charge in [0, 0.05) is 26.6 Å². The Labute approximate surface area is 108 Å². The van der Waals surface area contributed by atoms with Crippen molar-refractivity contribution in [2.75, 3.05) is 33.2 Å². The van der Waals surface area contributed by atoms with Crippen LogP contribution in [0, 0.1) is 0 Å². The number of nitrogens with two attached hydrogens (primary N) is 1. The summed E-state index contributed by atoms with van der Waals surface area (Å²) in [6.07, 6.45) is 4.39. The summed E-state index contributed by atoms with van der Waals surface area (Å²) in [4.78, 5) is 26.6. The zero-order valence-electron chi connectivity index (χ0n) is 11.2. The Balaban J connectivity index is 2.11. The number of amides is 2. The smallest absolute Gasteiger partial charge is 0.236 e. The molecule has 0 spiro atoms. The topological polar surface area (TPSA) is 78.7 Å². The van der Waals surface area contributed by atoms with Gasteiger partial charge in [-0.1, -0.05) is 6.42 Å². The van der Waals surface area contributed by atoms with Crippen molar-refractivity contribution < 1.29 is 9.59 Å². The first kappa shape index (κ1) is 14.9. The predicted molar refractivity (Wildman–Crippen MR) is 69.5 cm³/mol. The third kappa shape index (κ3) is 5.46. The van der Waals surface area contributed by atoms with Crippen molar-refractivity contribution in [3.8, 4) is 0 Å². The maximum atomic E-state index is 11.7. The Hall–Kier alpha value is -1.14. The standard InChI is InChI=1S/C12H24N4O2/c1-15-7-5-9-16(10-12(15)18)8-4-2-3-6-11(17)14-13/h2-10,13H2,1H3,(H,14,17). The van der Waals surface area contributed by atoms with E-state index < -0.39 is 0 Å². The van der Waals surface area contributed by atoms with E-state index in [1.807, 2.05) is 7.05 Å². The molecule has 1 saturated heterocycles. The fraction of sp³-hybridized carbons (Fsp3) is 0.833. The molecule has 6 nitrogen and oxygen atoms in total. The number of hydrogen-bond donors (Lipinski definition) is 2. The summed E-state index contributed by atoms with van der Waals surface area (Å²) < 4.78 is 0. The van der Waals surface area contributed by atoms with Crippen molar-refractivity contribution in [3.05, 3.63) is 0 Å². The largest absolute Gasteiger partial charge is 0.345 e. The second-order valence-corrected chi connectivity index (χ2v) is 4.82. The normalized spacial score (nSPS) is 17.7. The zero-order chi connectivity index (χ0) is 13.4. The molecule has 1 aliphatic rings. The molecular weight excluding hydrogens is 232 g/mol. The highest BCUT2D eigenvalue weighted by atomic mass is 16.2. The molecule has 1 heterocycles. The molecule has 6 heteroatoms. The number of nitrogens with zero attached hydrogens (tertiary/aromatic N) is 2. The molecule has 0 bridgehead atoms. The van der Waals surface area contributed by atoms with E-state index in [0.29, 0.717) is 13.0 Å². The number of carbonyl (C=O) groups excluding carboxylic acids is 2. The second-order valence-electron chi connectivity index (χ2n) is 4.82. The van der Waals surface area contributed by atoms with Crippen LogP contribution in [0.25, 0.3) is 0 Å². The van der Waals surface area contributed by atoms with Gasteiger partial charge in [0.05, 0.1) is 6.54 Å². The van der Waals surface area contributed by atoms with Crippen LogP contribution in [0.3, 0.4) is 0 Å². The van der Waals surface area contributed by atoms with Crippen LogP contribution < -0.4 is 11.3 Å². The lowest BCUT2D eigenvalue weighted by atomic mass is 10.2. The second kappa shape index (κ2) is 8.05. The molecule has 18 heavy (non-hydrogen) atoms. The molecule has 0 atom stereocenters.